The van der Waals surface area contributed by atoms with Gasteiger partial charge in [0.2, 0.25) is 0 Å². The van der Waals surface area contributed by atoms with Gasteiger partial charge in [0, 0.05) is 18.3 Å². The lowest BCUT2D eigenvalue weighted by molar-refractivity contribution is 0.00578. The van der Waals surface area contributed by atoms with Crippen molar-refractivity contribution in [1.29, 1.82) is 0 Å². The van der Waals surface area contributed by atoms with Gasteiger partial charge in [-0.05, 0) is 50.9 Å². The SMILES string of the molecule is CC1(C)OB(C(=Cc2ccc(-c3ccccn3)cc2)CN)OC1(C)C. The van der Waals surface area contributed by atoms with Crippen molar-refractivity contribution < 1.29 is 9.31 Å². The van der Waals surface area contributed by atoms with Crippen LogP contribution in [0.15, 0.2) is 54.1 Å². The van der Waals surface area contributed by atoms with Crippen LogP contribution in [0.2, 0.25) is 0 Å². The van der Waals surface area contributed by atoms with Crippen LogP contribution in [0.5, 0.6) is 0 Å². The monoisotopic (exact) mass is 336 g/mol. The second-order valence-corrected chi connectivity index (χ2v) is 7.35. The van der Waals surface area contributed by atoms with Gasteiger partial charge in [0.05, 0.1) is 16.9 Å². The fourth-order valence-electron chi connectivity index (χ4n) is 2.72. The summed E-state index contributed by atoms with van der Waals surface area (Å²) in [5.74, 6) is 0. The van der Waals surface area contributed by atoms with Gasteiger partial charge in [-0.3, -0.25) is 4.98 Å². The van der Waals surface area contributed by atoms with Crippen LogP contribution in [0.4, 0.5) is 0 Å². The molecule has 0 atom stereocenters. The Bertz CT molecular complexity index is 739. The predicted octanol–water partition coefficient (Wildman–Crippen LogP) is 3.72. The molecule has 2 heterocycles. The summed E-state index contributed by atoms with van der Waals surface area (Å²) in [6.45, 7) is 8.57. The first-order valence-corrected chi connectivity index (χ1v) is 8.60. The van der Waals surface area contributed by atoms with E-state index in [9.17, 15) is 0 Å². The lowest BCUT2D eigenvalue weighted by atomic mass is 9.77. The Morgan fingerprint density at radius 3 is 2.20 bits per heavy atom. The van der Waals surface area contributed by atoms with E-state index < -0.39 is 7.12 Å². The zero-order valence-corrected chi connectivity index (χ0v) is 15.3. The van der Waals surface area contributed by atoms with Gasteiger partial charge in [-0.2, -0.15) is 0 Å². The van der Waals surface area contributed by atoms with Crippen molar-refractivity contribution in [2.24, 2.45) is 5.73 Å². The number of aromatic nitrogens is 1. The Kier molecular flexibility index (Phi) is 4.82. The van der Waals surface area contributed by atoms with Crippen molar-refractivity contribution in [2.45, 2.75) is 38.9 Å². The van der Waals surface area contributed by atoms with E-state index in [4.69, 9.17) is 15.0 Å². The number of nitrogens with two attached hydrogens (primary N) is 1. The summed E-state index contributed by atoms with van der Waals surface area (Å²) < 4.78 is 12.2. The normalized spacial score (nSPS) is 19.2. The first-order valence-electron chi connectivity index (χ1n) is 8.60. The van der Waals surface area contributed by atoms with Gasteiger partial charge in [-0.15, -0.1) is 0 Å². The zero-order valence-electron chi connectivity index (χ0n) is 15.3. The molecule has 0 amide bonds. The second kappa shape index (κ2) is 6.75. The largest absolute Gasteiger partial charge is 0.491 e. The molecule has 1 aromatic heterocycles. The average molecular weight is 336 g/mol. The molecular weight excluding hydrogens is 311 g/mol. The van der Waals surface area contributed by atoms with E-state index in [1.807, 2.05) is 52.0 Å². The van der Waals surface area contributed by atoms with Crippen LogP contribution in [0.1, 0.15) is 33.3 Å². The van der Waals surface area contributed by atoms with Crippen molar-refractivity contribution in [3.05, 3.63) is 59.7 Å². The summed E-state index contributed by atoms with van der Waals surface area (Å²) in [5, 5.41) is 0. The van der Waals surface area contributed by atoms with Crippen LogP contribution in [-0.2, 0) is 9.31 Å². The van der Waals surface area contributed by atoms with Gasteiger partial charge in [0.25, 0.3) is 0 Å². The topological polar surface area (TPSA) is 57.4 Å². The van der Waals surface area contributed by atoms with E-state index in [2.05, 4.69) is 29.2 Å². The highest BCUT2D eigenvalue weighted by molar-refractivity contribution is 6.55. The molecular formula is C20H25BN2O2. The molecule has 3 rings (SSSR count). The van der Waals surface area contributed by atoms with Crippen molar-refractivity contribution in [3.63, 3.8) is 0 Å². The Labute approximate surface area is 150 Å². The number of hydrogen-bond acceptors (Lipinski definition) is 4. The summed E-state index contributed by atoms with van der Waals surface area (Å²) >= 11 is 0. The minimum absolute atomic E-state index is 0.366. The lowest BCUT2D eigenvalue weighted by Gasteiger charge is -2.32. The molecule has 0 unspecified atom stereocenters. The van der Waals surface area contributed by atoms with Crippen LogP contribution < -0.4 is 5.73 Å². The molecule has 0 radical (unpaired) electrons. The lowest BCUT2D eigenvalue weighted by Crippen LogP contribution is -2.41. The summed E-state index contributed by atoms with van der Waals surface area (Å²) in [7, 11) is -0.412. The van der Waals surface area contributed by atoms with Gasteiger partial charge >= 0.3 is 7.12 Å². The molecule has 0 aliphatic carbocycles. The molecule has 1 saturated heterocycles. The van der Waals surface area contributed by atoms with Gasteiger partial charge in [0.15, 0.2) is 0 Å². The molecule has 1 fully saturated rings. The minimum Gasteiger partial charge on any atom is -0.400 e. The average Bonchev–Trinajstić information content (AvgIpc) is 2.81. The fraction of sp³-hybridized carbons (Fsp3) is 0.350. The van der Waals surface area contributed by atoms with Gasteiger partial charge in [0.1, 0.15) is 0 Å². The highest BCUT2D eigenvalue weighted by atomic mass is 16.7. The van der Waals surface area contributed by atoms with E-state index >= 15 is 0 Å². The minimum atomic E-state index is -0.412. The molecule has 1 aliphatic rings. The highest BCUT2D eigenvalue weighted by Gasteiger charge is 2.52. The smallest absolute Gasteiger partial charge is 0.400 e. The third kappa shape index (κ3) is 3.69. The molecule has 1 aromatic carbocycles. The summed E-state index contributed by atoms with van der Waals surface area (Å²) in [4.78, 5) is 4.38. The summed E-state index contributed by atoms with van der Waals surface area (Å²) in [6.07, 6.45) is 3.85. The van der Waals surface area contributed by atoms with Gasteiger partial charge in [-0.25, -0.2) is 0 Å². The van der Waals surface area contributed by atoms with Crippen molar-refractivity contribution in [1.82, 2.24) is 4.98 Å². The predicted molar refractivity (Wildman–Crippen MR) is 103 cm³/mol. The van der Waals surface area contributed by atoms with E-state index in [0.29, 0.717) is 6.54 Å². The quantitative estimate of drug-likeness (QED) is 0.865. The Balaban J connectivity index is 1.81. The molecule has 4 nitrogen and oxygen atoms in total. The Morgan fingerprint density at radius 1 is 1.04 bits per heavy atom. The van der Waals surface area contributed by atoms with Gasteiger partial charge < -0.3 is 15.0 Å². The molecule has 0 saturated carbocycles. The first kappa shape index (κ1) is 17.9. The summed E-state index contributed by atoms with van der Waals surface area (Å²) in [5.41, 5.74) is 9.27. The highest BCUT2D eigenvalue weighted by Crippen LogP contribution is 2.38. The van der Waals surface area contributed by atoms with Crippen LogP contribution in [0.3, 0.4) is 0 Å². The van der Waals surface area contributed by atoms with Crippen LogP contribution in [0, 0.1) is 0 Å². The molecule has 25 heavy (non-hydrogen) atoms. The molecule has 1 aliphatic heterocycles. The van der Waals surface area contributed by atoms with Crippen molar-refractivity contribution in [3.8, 4) is 11.3 Å². The fourth-order valence-corrected chi connectivity index (χ4v) is 2.72. The second-order valence-electron chi connectivity index (χ2n) is 7.35. The Hall–Kier alpha value is -1.95. The third-order valence-corrected chi connectivity index (χ3v) is 5.02. The zero-order chi connectivity index (χ0) is 18.1. The molecule has 0 bridgehead atoms. The standard InChI is InChI=1S/C20H25BN2O2/c1-19(2)20(3,4)25-21(24-19)17(14-22)13-15-8-10-16(11-9-15)18-7-5-6-12-23-18/h5-13H,14,22H2,1-4H3. The molecule has 0 spiro atoms. The van der Waals surface area contributed by atoms with Crippen LogP contribution in [-0.4, -0.2) is 29.8 Å². The number of hydrogen-bond donors (Lipinski definition) is 1. The van der Waals surface area contributed by atoms with Crippen LogP contribution in [0.25, 0.3) is 17.3 Å². The van der Waals surface area contributed by atoms with E-state index in [1.165, 1.54) is 0 Å². The maximum absolute atomic E-state index is 6.10. The van der Waals surface area contributed by atoms with Crippen molar-refractivity contribution in [2.75, 3.05) is 6.54 Å². The van der Waals surface area contributed by atoms with E-state index in [1.54, 1.807) is 6.20 Å². The van der Waals surface area contributed by atoms with E-state index in [-0.39, 0.29) is 11.2 Å². The number of nitrogens with zero attached hydrogens (tertiary/aromatic N) is 1. The van der Waals surface area contributed by atoms with Crippen molar-refractivity contribution >= 4 is 13.2 Å². The van der Waals surface area contributed by atoms with E-state index in [0.717, 1.165) is 22.3 Å². The Morgan fingerprint density at radius 2 is 1.68 bits per heavy atom. The number of rotatable bonds is 4. The first-order chi connectivity index (χ1) is 11.8. The molecule has 2 aromatic rings. The van der Waals surface area contributed by atoms with Crippen LogP contribution >= 0.6 is 0 Å². The molecule has 5 heteroatoms. The maximum Gasteiger partial charge on any atom is 0.491 e. The summed E-state index contributed by atoms with van der Waals surface area (Å²) in [6, 6.07) is 14.1. The third-order valence-electron chi connectivity index (χ3n) is 5.02. The molecule has 2 N–H and O–H groups in total. The number of benzene rings is 1. The maximum atomic E-state index is 6.10. The molecule has 130 valence electrons. The van der Waals surface area contributed by atoms with Gasteiger partial charge in [-0.1, -0.05) is 36.4 Å². The number of pyridine rings is 1.